The van der Waals surface area contributed by atoms with Crippen molar-refractivity contribution in [2.24, 2.45) is 5.92 Å². The van der Waals surface area contributed by atoms with E-state index < -0.39 is 5.69 Å². The monoisotopic (exact) mass is 401 g/mol. The van der Waals surface area contributed by atoms with E-state index in [1.165, 1.54) is 31.9 Å². The van der Waals surface area contributed by atoms with Crippen LogP contribution in [0.1, 0.15) is 31.2 Å². The molecule has 1 fully saturated rings. The fourth-order valence-corrected chi connectivity index (χ4v) is 4.30. The van der Waals surface area contributed by atoms with E-state index >= 15 is 0 Å². The second kappa shape index (κ2) is 7.44. The summed E-state index contributed by atoms with van der Waals surface area (Å²) in [6.45, 7) is 2.63. The Morgan fingerprint density at radius 3 is 2.60 bits per heavy atom. The van der Waals surface area contributed by atoms with E-state index in [0.717, 1.165) is 10.1 Å². The highest BCUT2D eigenvalue weighted by Crippen LogP contribution is 2.30. The molecule has 4 aromatic rings. The number of aryl methyl sites for hydroxylation is 1. The maximum atomic E-state index is 13.1. The molecule has 6 nitrogen and oxygen atoms in total. The zero-order chi connectivity index (χ0) is 20.7. The quantitative estimate of drug-likeness (QED) is 0.522. The van der Waals surface area contributed by atoms with Crippen molar-refractivity contribution in [2.45, 2.75) is 32.6 Å². The third-order valence-corrected chi connectivity index (χ3v) is 5.97. The molecular formula is C24H23N3O3. The van der Waals surface area contributed by atoms with Gasteiger partial charge in [-0.05, 0) is 43.9 Å². The lowest BCUT2D eigenvalue weighted by Gasteiger charge is -2.14. The average molecular weight is 401 g/mol. The van der Waals surface area contributed by atoms with Crippen molar-refractivity contribution in [3.05, 3.63) is 75.1 Å². The predicted octanol–water partition coefficient (Wildman–Crippen LogP) is 4.10. The van der Waals surface area contributed by atoms with Crippen molar-refractivity contribution < 1.29 is 4.74 Å². The van der Waals surface area contributed by atoms with Crippen molar-refractivity contribution in [2.75, 3.05) is 6.61 Å². The number of aromatic nitrogens is 3. The number of nitrogens with one attached hydrogen (secondary N) is 1. The fourth-order valence-electron chi connectivity index (χ4n) is 4.30. The van der Waals surface area contributed by atoms with Crippen molar-refractivity contribution in [1.82, 2.24) is 14.5 Å². The number of hydrogen-bond donors (Lipinski definition) is 1. The van der Waals surface area contributed by atoms with Crippen LogP contribution in [0.3, 0.4) is 0 Å². The summed E-state index contributed by atoms with van der Waals surface area (Å²) in [6, 6.07) is 12.9. The number of para-hydroxylation sites is 1. The van der Waals surface area contributed by atoms with Crippen LogP contribution < -0.4 is 16.0 Å². The Morgan fingerprint density at radius 1 is 1.07 bits per heavy atom. The van der Waals surface area contributed by atoms with Crippen LogP contribution >= 0.6 is 0 Å². The van der Waals surface area contributed by atoms with Gasteiger partial charge in [-0.1, -0.05) is 42.7 Å². The van der Waals surface area contributed by atoms with Gasteiger partial charge in [-0.3, -0.25) is 9.78 Å². The summed E-state index contributed by atoms with van der Waals surface area (Å²) in [6.07, 6.45) is 6.46. The molecule has 0 unspecified atom stereocenters. The number of fused-ring (bicyclic) bond motifs is 3. The summed E-state index contributed by atoms with van der Waals surface area (Å²) in [5.41, 5.74) is 1.88. The van der Waals surface area contributed by atoms with Gasteiger partial charge in [0.25, 0.3) is 5.56 Å². The van der Waals surface area contributed by atoms with Crippen LogP contribution in [0.5, 0.6) is 5.75 Å². The Bertz CT molecular complexity index is 1350. The molecule has 30 heavy (non-hydrogen) atoms. The average Bonchev–Trinajstić information content (AvgIpc) is 3.27. The van der Waals surface area contributed by atoms with Crippen LogP contribution in [0, 0.1) is 12.8 Å². The molecule has 0 amide bonds. The van der Waals surface area contributed by atoms with Crippen molar-refractivity contribution >= 4 is 21.8 Å². The summed E-state index contributed by atoms with van der Waals surface area (Å²) in [4.78, 5) is 33.4. The number of H-pyrrole nitrogens is 1. The zero-order valence-electron chi connectivity index (χ0n) is 16.9. The second-order valence-corrected chi connectivity index (χ2v) is 8.07. The third kappa shape index (κ3) is 3.18. The van der Waals surface area contributed by atoms with Crippen LogP contribution in [0.2, 0.25) is 0 Å². The molecule has 152 valence electrons. The van der Waals surface area contributed by atoms with E-state index in [0.29, 0.717) is 45.8 Å². The number of benzene rings is 2. The summed E-state index contributed by atoms with van der Waals surface area (Å²) in [7, 11) is 0. The first-order valence-corrected chi connectivity index (χ1v) is 10.4. The molecular weight excluding hydrogens is 378 g/mol. The van der Waals surface area contributed by atoms with Gasteiger partial charge in [0.1, 0.15) is 11.3 Å². The molecule has 5 rings (SSSR count). The SMILES string of the molecule is Cc1ccc(-n2c(=O)[nH]c3c(cnc4c(OCC5CCCC5)cccc43)c2=O)cc1. The van der Waals surface area contributed by atoms with Crippen LogP contribution in [0.15, 0.2) is 58.3 Å². The molecule has 0 radical (unpaired) electrons. The largest absolute Gasteiger partial charge is 0.491 e. The molecule has 6 heteroatoms. The molecule has 1 saturated carbocycles. The number of nitrogens with zero attached hydrogens (tertiary/aromatic N) is 2. The highest BCUT2D eigenvalue weighted by atomic mass is 16.5. The maximum Gasteiger partial charge on any atom is 0.333 e. The fraction of sp³-hybridized carbons (Fsp3) is 0.292. The predicted molar refractivity (Wildman–Crippen MR) is 118 cm³/mol. The van der Waals surface area contributed by atoms with Crippen LogP contribution in [0.25, 0.3) is 27.5 Å². The van der Waals surface area contributed by atoms with Crippen molar-refractivity contribution in [3.8, 4) is 11.4 Å². The topological polar surface area (TPSA) is 77.0 Å². The Kier molecular flexibility index (Phi) is 4.62. The molecule has 2 aromatic heterocycles. The van der Waals surface area contributed by atoms with Gasteiger partial charge >= 0.3 is 5.69 Å². The molecule has 1 aliphatic carbocycles. The first-order chi connectivity index (χ1) is 14.6. The van der Waals surface area contributed by atoms with Gasteiger partial charge in [0, 0.05) is 11.6 Å². The molecule has 2 aromatic carbocycles. The highest BCUT2D eigenvalue weighted by Gasteiger charge is 2.18. The van der Waals surface area contributed by atoms with Gasteiger partial charge in [0.15, 0.2) is 0 Å². The molecule has 0 bridgehead atoms. The van der Waals surface area contributed by atoms with E-state index in [2.05, 4.69) is 9.97 Å². The standard InChI is InChI=1S/C24H23N3O3/c1-15-9-11-17(12-10-15)27-23(28)19-13-25-22-18(21(19)26-24(27)29)7-4-8-20(22)30-14-16-5-2-3-6-16/h4,7-13,16H,2-3,5-6,14H2,1H3,(H,26,29). The summed E-state index contributed by atoms with van der Waals surface area (Å²) in [5.74, 6) is 1.27. The van der Waals surface area contributed by atoms with E-state index in [9.17, 15) is 9.59 Å². The summed E-state index contributed by atoms with van der Waals surface area (Å²) >= 11 is 0. The van der Waals surface area contributed by atoms with Gasteiger partial charge in [0.2, 0.25) is 0 Å². The van der Waals surface area contributed by atoms with Crippen LogP contribution in [-0.4, -0.2) is 21.1 Å². The Balaban J connectivity index is 1.63. The van der Waals surface area contributed by atoms with E-state index in [1.54, 1.807) is 12.1 Å². The minimum atomic E-state index is -0.471. The normalized spacial score (nSPS) is 14.6. The lowest BCUT2D eigenvalue weighted by atomic mass is 10.1. The van der Waals surface area contributed by atoms with Gasteiger partial charge in [-0.25, -0.2) is 9.36 Å². The first kappa shape index (κ1) is 18.6. The van der Waals surface area contributed by atoms with Crippen LogP contribution in [0.4, 0.5) is 0 Å². The second-order valence-electron chi connectivity index (χ2n) is 8.07. The lowest BCUT2D eigenvalue weighted by Crippen LogP contribution is -2.33. The van der Waals surface area contributed by atoms with E-state index in [4.69, 9.17) is 4.74 Å². The first-order valence-electron chi connectivity index (χ1n) is 10.4. The minimum absolute atomic E-state index is 0.371. The maximum absolute atomic E-state index is 13.1. The zero-order valence-corrected chi connectivity index (χ0v) is 16.9. The third-order valence-electron chi connectivity index (χ3n) is 5.97. The van der Waals surface area contributed by atoms with Gasteiger partial charge < -0.3 is 9.72 Å². The Morgan fingerprint density at radius 2 is 1.83 bits per heavy atom. The van der Waals surface area contributed by atoms with Gasteiger partial charge in [-0.15, -0.1) is 0 Å². The lowest BCUT2D eigenvalue weighted by molar-refractivity contribution is 0.254. The molecule has 0 aliphatic heterocycles. The highest BCUT2D eigenvalue weighted by molar-refractivity contribution is 6.04. The number of rotatable bonds is 4. The van der Waals surface area contributed by atoms with E-state index in [-0.39, 0.29) is 5.56 Å². The van der Waals surface area contributed by atoms with Crippen molar-refractivity contribution in [3.63, 3.8) is 0 Å². The number of aromatic amines is 1. The van der Waals surface area contributed by atoms with E-state index in [1.807, 2.05) is 37.3 Å². The Labute approximate surface area is 173 Å². The van der Waals surface area contributed by atoms with Gasteiger partial charge in [-0.2, -0.15) is 0 Å². The smallest absolute Gasteiger partial charge is 0.333 e. The van der Waals surface area contributed by atoms with Crippen LogP contribution in [-0.2, 0) is 0 Å². The molecule has 1 N–H and O–H groups in total. The number of pyridine rings is 1. The van der Waals surface area contributed by atoms with Gasteiger partial charge in [0.05, 0.1) is 23.2 Å². The molecule has 0 atom stereocenters. The molecule has 2 heterocycles. The molecule has 0 saturated heterocycles. The number of hydrogen-bond acceptors (Lipinski definition) is 4. The van der Waals surface area contributed by atoms with Crippen molar-refractivity contribution in [1.29, 1.82) is 0 Å². The molecule has 1 aliphatic rings. The minimum Gasteiger partial charge on any atom is -0.491 e. The Hall–Kier alpha value is -3.41. The molecule has 0 spiro atoms. The summed E-state index contributed by atoms with van der Waals surface area (Å²) < 4.78 is 7.23. The summed E-state index contributed by atoms with van der Waals surface area (Å²) in [5, 5.41) is 1.08. The number of ether oxygens (including phenoxy) is 1.